The van der Waals surface area contributed by atoms with Crippen LogP contribution in [0.5, 0.6) is 0 Å². The quantitative estimate of drug-likeness (QED) is 0.435. The molecule has 0 saturated heterocycles. The van der Waals surface area contributed by atoms with Crippen molar-refractivity contribution in [1.82, 2.24) is 0 Å². The molecule has 26 heavy (non-hydrogen) atoms. The zero-order valence-electron chi connectivity index (χ0n) is 17.1. The van der Waals surface area contributed by atoms with Gasteiger partial charge in [0.2, 0.25) is 0 Å². The Morgan fingerprint density at radius 1 is 0.462 bits per heavy atom. The maximum absolute atomic E-state index is 2.39. The molecule has 0 radical (unpaired) electrons. The van der Waals surface area contributed by atoms with Crippen LogP contribution in [-0.4, -0.2) is 21.8 Å². The van der Waals surface area contributed by atoms with Crippen molar-refractivity contribution >= 4 is 31.6 Å². The standard InChI is InChI=1S/2C9H11.C7H7.Bi/c2*1-7-4-8(2)6-9(3)5-7;1-7-5-3-2-4-6-7;/h2*4-5H,1-3H3;3-6H,1H3;. The van der Waals surface area contributed by atoms with Gasteiger partial charge in [0.05, 0.1) is 0 Å². The van der Waals surface area contributed by atoms with Crippen LogP contribution in [0.1, 0.15) is 38.9 Å². The Morgan fingerprint density at radius 3 is 1.15 bits per heavy atom. The Labute approximate surface area is 167 Å². The molecule has 0 nitrogen and oxygen atoms in total. The Morgan fingerprint density at radius 2 is 0.808 bits per heavy atom. The van der Waals surface area contributed by atoms with Gasteiger partial charge in [-0.25, -0.2) is 0 Å². The van der Waals surface area contributed by atoms with Crippen LogP contribution >= 0.6 is 0 Å². The first-order valence-corrected chi connectivity index (χ1v) is 14.5. The predicted octanol–water partition coefficient (Wildman–Crippen LogP) is 4.36. The zero-order valence-corrected chi connectivity index (χ0v) is 20.5. The summed E-state index contributed by atoms with van der Waals surface area (Å²) in [6.07, 6.45) is 0. The average molecular weight is 538 g/mol. The van der Waals surface area contributed by atoms with Crippen LogP contribution in [-0.2, 0) is 0 Å². The molecule has 3 aromatic rings. The van der Waals surface area contributed by atoms with E-state index in [1.165, 1.54) is 38.9 Å². The molecule has 0 aliphatic heterocycles. The van der Waals surface area contributed by atoms with E-state index < -0.39 is 21.8 Å². The SMILES string of the molecule is Cc1cc[c]([Bi]([c]2c(C)cc(C)cc2C)[c]2c(C)cc(C)cc2C)cc1. The number of rotatable bonds is 3. The van der Waals surface area contributed by atoms with Crippen LogP contribution in [0.3, 0.4) is 0 Å². The molecule has 0 atom stereocenters. The number of hydrogen-bond acceptors (Lipinski definition) is 0. The molecule has 0 saturated carbocycles. The van der Waals surface area contributed by atoms with Gasteiger partial charge in [-0.3, -0.25) is 0 Å². The minimum absolute atomic E-state index is 1.34. The van der Waals surface area contributed by atoms with Crippen molar-refractivity contribution in [3.8, 4) is 0 Å². The van der Waals surface area contributed by atoms with E-state index in [0.29, 0.717) is 0 Å². The normalized spacial score (nSPS) is 11.2. The van der Waals surface area contributed by atoms with Gasteiger partial charge in [0.1, 0.15) is 0 Å². The summed E-state index contributed by atoms with van der Waals surface area (Å²) in [6.45, 7) is 15.8. The molecule has 0 bridgehead atoms. The minimum atomic E-state index is -2.37. The Hall–Kier alpha value is -1.46. The van der Waals surface area contributed by atoms with Gasteiger partial charge in [0, 0.05) is 0 Å². The summed E-state index contributed by atoms with van der Waals surface area (Å²) in [5.41, 5.74) is 9.97. The topological polar surface area (TPSA) is 0 Å². The molecule has 1 heteroatoms. The molecule has 3 rings (SSSR count). The van der Waals surface area contributed by atoms with Crippen molar-refractivity contribution in [2.45, 2.75) is 48.5 Å². The number of benzene rings is 3. The number of aryl methyl sites for hydroxylation is 7. The molecule has 0 heterocycles. The third-order valence-corrected chi connectivity index (χ3v) is 17.1. The summed E-state index contributed by atoms with van der Waals surface area (Å²) in [6, 6.07) is 18.9. The average Bonchev–Trinajstić information content (AvgIpc) is 2.52. The maximum atomic E-state index is 2.39. The van der Waals surface area contributed by atoms with E-state index in [0.717, 1.165) is 0 Å². The third kappa shape index (κ3) is 3.79. The van der Waals surface area contributed by atoms with Crippen LogP contribution < -0.4 is 9.81 Å². The van der Waals surface area contributed by atoms with E-state index >= 15 is 0 Å². The molecular weight excluding hydrogens is 509 g/mol. The molecule has 0 aromatic heterocycles. The van der Waals surface area contributed by atoms with Gasteiger partial charge in [-0.15, -0.1) is 0 Å². The zero-order chi connectivity index (χ0) is 19.0. The van der Waals surface area contributed by atoms with Crippen LogP contribution in [0.4, 0.5) is 0 Å². The molecule has 0 N–H and O–H groups in total. The van der Waals surface area contributed by atoms with E-state index in [2.05, 4.69) is 97.0 Å². The molecule has 0 amide bonds. The van der Waals surface area contributed by atoms with Crippen molar-refractivity contribution in [1.29, 1.82) is 0 Å². The first-order valence-electron chi connectivity index (χ1n) is 9.30. The molecule has 0 aliphatic carbocycles. The van der Waals surface area contributed by atoms with E-state index in [9.17, 15) is 0 Å². The second-order valence-corrected chi connectivity index (χ2v) is 15.8. The Kier molecular flexibility index (Phi) is 5.68. The molecule has 0 unspecified atom stereocenters. The summed E-state index contributed by atoms with van der Waals surface area (Å²) in [7, 11) is 0. The molecule has 0 fully saturated rings. The first kappa shape index (κ1) is 19.3. The summed E-state index contributed by atoms with van der Waals surface area (Å²) >= 11 is -2.37. The third-order valence-electron chi connectivity index (χ3n) is 5.01. The Bertz CT molecular complexity index is 845. The van der Waals surface area contributed by atoms with Gasteiger partial charge in [0.15, 0.2) is 0 Å². The fraction of sp³-hybridized carbons (Fsp3) is 0.280. The van der Waals surface area contributed by atoms with Crippen molar-refractivity contribution in [3.63, 3.8) is 0 Å². The summed E-state index contributed by atoms with van der Waals surface area (Å²) in [5, 5.41) is 0. The second-order valence-electron chi connectivity index (χ2n) is 7.67. The predicted molar refractivity (Wildman–Crippen MR) is 117 cm³/mol. The van der Waals surface area contributed by atoms with E-state index in [1.807, 2.05) is 0 Å². The summed E-state index contributed by atoms with van der Waals surface area (Å²) < 4.78 is 4.89. The van der Waals surface area contributed by atoms with E-state index in [1.54, 1.807) is 9.81 Å². The van der Waals surface area contributed by atoms with Crippen LogP contribution in [0.15, 0.2) is 48.5 Å². The summed E-state index contributed by atoms with van der Waals surface area (Å²) in [5.74, 6) is 0. The van der Waals surface area contributed by atoms with Gasteiger partial charge in [-0.05, 0) is 0 Å². The Balaban J connectivity index is 2.34. The molecule has 134 valence electrons. The van der Waals surface area contributed by atoms with Crippen LogP contribution in [0.25, 0.3) is 0 Å². The van der Waals surface area contributed by atoms with Gasteiger partial charge in [-0.1, -0.05) is 0 Å². The van der Waals surface area contributed by atoms with Crippen LogP contribution in [0.2, 0.25) is 0 Å². The van der Waals surface area contributed by atoms with Crippen molar-refractivity contribution in [2.75, 3.05) is 0 Å². The van der Waals surface area contributed by atoms with E-state index in [4.69, 9.17) is 0 Å². The van der Waals surface area contributed by atoms with Gasteiger partial charge >= 0.3 is 168 Å². The van der Waals surface area contributed by atoms with Gasteiger partial charge < -0.3 is 0 Å². The fourth-order valence-electron chi connectivity index (χ4n) is 4.11. The fourth-order valence-corrected chi connectivity index (χ4v) is 15.2. The molecule has 0 spiro atoms. The molecule has 3 aromatic carbocycles. The van der Waals surface area contributed by atoms with Crippen LogP contribution in [0, 0.1) is 48.5 Å². The number of hydrogen-bond donors (Lipinski definition) is 0. The second kappa shape index (κ2) is 7.65. The van der Waals surface area contributed by atoms with Crippen molar-refractivity contribution < 1.29 is 0 Å². The summed E-state index contributed by atoms with van der Waals surface area (Å²) in [4.78, 5) is 0. The van der Waals surface area contributed by atoms with Gasteiger partial charge in [-0.2, -0.15) is 0 Å². The van der Waals surface area contributed by atoms with Crippen molar-refractivity contribution in [3.05, 3.63) is 87.5 Å². The monoisotopic (exact) mass is 538 g/mol. The molecule has 0 aliphatic rings. The first-order chi connectivity index (χ1) is 12.3. The molecular formula is C25H29Bi. The van der Waals surface area contributed by atoms with Crippen molar-refractivity contribution in [2.24, 2.45) is 0 Å². The van der Waals surface area contributed by atoms with E-state index in [-0.39, 0.29) is 0 Å². The van der Waals surface area contributed by atoms with Gasteiger partial charge in [0.25, 0.3) is 0 Å².